The molecule has 0 spiro atoms. The summed E-state index contributed by atoms with van der Waals surface area (Å²) in [4.78, 5) is 28.3. The van der Waals surface area contributed by atoms with Gasteiger partial charge in [0, 0.05) is 42.3 Å². The second kappa shape index (κ2) is 8.56. The predicted octanol–water partition coefficient (Wildman–Crippen LogP) is 3.32. The number of nitrogens with zero attached hydrogens (tertiary/aromatic N) is 7. The van der Waals surface area contributed by atoms with E-state index in [0.717, 1.165) is 35.3 Å². The number of halogens is 1. The molecule has 1 aromatic carbocycles. The van der Waals surface area contributed by atoms with Crippen LogP contribution >= 0.6 is 0 Å². The normalized spacial score (nSPS) is 13.8. The number of ether oxygens (including phenoxy) is 1. The molecule has 1 aliphatic rings. The molecule has 7 rings (SSSR count). The third-order valence-corrected chi connectivity index (χ3v) is 6.57. The van der Waals surface area contributed by atoms with Crippen molar-refractivity contribution in [3.63, 3.8) is 0 Å². The number of hydrogen-bond donors (Lipinski definition) is 3. The molecular weight excluding hydrogens is 487 g/mol. The average Bonchev–Trinajstić information content (AvgIpc) is 3.54. The first kappa shape index (κ1) is 22.2. The quantitative estimate of drug-likeness (QED) is 0.319. The molecule has 1 aliphatic heterocycles. The van der Waals surface area contributed by atoms with E-state index in [2.05, 4.69) is 35.0 Å². The minimum atomic E-state index is -0.420. The van der Waals surface area contributed by atoms with E-state index in [0.29, 0.717) is 45.4 Å². The molecule has 6 heterocycles. The molecule has 6 aromatic rings. The number of benzene rings is 1. The van der Waals surface area contributed by atoms with Gasteiger partial charge in [0.15, 0.2) is 5.82 Å². The topological polar surface area (TPSA) is 147 Å². The van der Waals surface area contributed by atoms with Crippen LogP contribution in [0.4, 0.5) is 10.2 Å². The fourth-order valence-corrected chi connectivity index (χ4v) is 4.64. The van der Waals surface area contributed by atoms with Crippen molar-refractivity contribution in [3.8, 4) is 39.9 Å². The highest BCUT2D eigenvalue weighted by Crippen LogP contribution is 2.33. The number of H-pyrrole nitrogens is 2. The molecule has 4 N–H and O–H groups in total. The Labute approximate surface area is 215 Å². The van der Waals surface area contributed by atoms with Gasteiger partial charge in [0.2, 0.25) is 0 Å². The van der Waals surface area contributed by atoms with Gasteiger partial charge in [0.1, 0.15) is 34.3 Å². The van der Waals surface area contributed by atoms with Gasteiger partial charge < -0.3 is 20.4 Å². The summed E-state index contributed by atoms with van der Waals surface area (Å²) < 4.78 is 19.4. The van der Waals surface area contributed by atoms with Crippen LogP contribution in [0.25, 0.3) is 56.1 Å². The first-order valence-electron chi connectivity index (χ1n) is 11.9. The van der Waals surface area contributed by atoms with E-state index >= 15 is 0 Å². The number of pyridine rings is 2. The average molecular weight is 509 g/mol. The van der Waals surface area contributed by atoms with Crippen molar-refractivity contribution in [1.29, 1.82) is 0 Å². The zero-order valence-corrected chi connectivity index (χ0v) is 20.2. The van der Waals surface area contributed by atoms with E-state index in [1.165, 1.54) is 19.2 Å². The third-order valence-electron chi connectivity index (χ3n) is 6.57. The molecule has 0 radical (unpaired) electrons. The first-order valence-corrected chi connectivity index (χ1v) is 11.9. The van der Waals surface area contributed by atoms with Crippen LogP contribution in [0, 0.1) is 5.82 Å². The Morgan fingerprint density at radius 3 is 2.74 bits per heavy atom. The molecule has 0 amide bonds. The monoisotopic (exact) mass is 508 g/mol. The van der Waals surface area contributed by atoms with E-state index in [9.17, 15) is 4.39 Å². The summed E-state index contributed by atoms with van der Waals surface area (Å²) in [5, 5.41) is 8.33. The van der Waals surface area contributed by atoms with Crippen LogP contribution < -0.4 is 15.4 Å². The van der Waals surface area contributed by atoms with E-state index in [1.807, 2.05) is 12.1 Å². The van der Waals surface area contributed by atoms with Crippen molar-refractivity contribution >= 4 is 27.8 Å². The summed E-state index contributed by atoms with van der Waals surface area (Å²) in [5.74, 6) is 1.29. The maximum Gasteiger partial charge on any atom is 0.159 e. The largest absolute Gasteiger partial charge is 0.497 e. The Hall–Kier alpha value is -4.97. The zero-order chi connectivity index (χ0) is 25.8. The van der Waals surface area contributed by atoms with Crippen LogP contribution in [0.3, 0.4) is 0 Å². The number of nitrogens with one attached hydrogen (secondary N) is 2. The lowest BCUT2D eigenvalue weighted by atomic mass is 10.1. The molecule has 188 valence electrons. The summed E-state index contributed by atoms with van der Waals surface area (Å²) in [5.41, 5.74) is 11.0. The van der Waals surface area contributed by atoms with Gasteiger partial charge in [-0.15, -0.1) is 0 Å². The number of rotatable bonds is 5. The minimum absolute atomic E-state index is 0.158. The Bertz CT molecular complexity index is 1820. The fraction of sp³-hybridized carbons (Fsp3) is 0.154. The molecule has 38 heavy (non-hydrogen) atoms. The Morgan fingerprint density at radius 2 is 1.89 bits per heavy atom. The molecule has 11 nitrogen and oxygen atoms in total. The minimum Gasteiger partial charge on any atom is -0.497 e. The van der Waals surface area contributed by atoms with Gasteiger partial charge >= 0.3 is 0 Å². The molecule has 12 heteroatoms. The van der Waals surface area contributed by atoms with Crippen molar-refractivity contribution in [1.82, 2.24) is 40.1 Å². The van der Waals surface area contributed by atoms with Crippen LogP contribution in [-0.2, 0) is 0 Å². The van der Waals surface area contributed by atoms with Crippen molar-refractivity contribution < 1.29 is 9.13 Å². The molecule has 0 saturated carbocycles. The number of aromatic amines is 2. The SMILES string of the molecule is COc1cc(F)cc(-c2nccc3[nH]c(-c4n[nH]c5cnc(-c6cncc(N7CC(N)C7)n6)cc45)nc23)c1. The summed E-state index contributed by atoms with van der Waals surface area (Å²) in [7, 11) is 1.49. The van der Waals surface area contributed by atoms with Crippen molar-refractivity contribution in [2.45, 2.75) is 6.04 Å². The second-order valence-electron chi connectivity index (χ2n) is 9.14. The van der Waals surface area contributed by atoms with Gasteiger partial charge in [0.05, 0.1) is 48.1 Å². The molecule has 1 fully saturated rings. The van der Waals surface area contributed by atoms with Crippen molar-refractivity contribution in [3.05, 3.63) is 60.9 Å². The maximum atomic E-state index is 14.2. The molecule has 0 bridgehead atoms. The maximum absolute atomic E-state index is 14.2. The number of fused-ring (bicyclic) bond motifs is 2. The molecule has 0 unspecified atom stereocenters. The van der Waals surface area contributed by atoms with Crippen LogP contribution in [0.5, 0.6) is 5.75 Å². The summed E-state index contributed by atoms with van der Waals surface area (Å²) in [6.45, 7) is 1.50. The number of anilines is 1. The van der Waals surface area contributed by atoms with Gasteiger partial charge in [-0.25, -0.2) is 14.4 Å². The third kappa shape index (κ3) is 3.69. The first-order chi connectivity index (χ1) is 18.6. The molecule has 5 aromatic heterocycles. The van der Waals surface area contributed by atoms with Gasteiger partial charge in [-0.1, -0.05) is 0 Å². The van der Waals surface area contributed by atoms with Crippen LogP contribution in [0.1, 0.15) is 0 Å². The fourth-order valence-electron chi connectivity index (χ4n) is 4.64. The van der Waals surface area contributed by atoms with Gasteiger partial charge in [-0.05, 0) is 24.3 Å². The van der Waals surface area contributed by atoms with E-state index < -0.39 is 5.82 Å². The number of hydrogen-bond acceptors (Lipinski definition) is 9. The molecular formula is C26H21FN10O. The van der Waals surface area contributed by atoms with Crippen molar-refractivity contribution in [2.24, 2.45) is 5.73 Å². The van der Waals surface area contributed by atoms with Gasteiger partial charge in [-0.2, -0.15) is 5.10 Å². The lowest BCUT2D eigenvalue weighted by Gasteiger charge is -2.37. The lowest BCUT2D eigenvalue weighted by molar-refractivity contribution is 0.411. The number of aromatic nitrogens is 8. The Morgan fingerprint density at radius 1 is 1.00 bits per heavy atom. The highest BCUT2D eigenvalue weighted by molar-refractivity contribution is 5.96. The Balaban J connectivity index is 1.30. The highest BCUT2D eigenvalue weighted by Gasteiger charge is 2.25. The Kier molecular flexibility index (Phi) is 5.01. The van der Waals surface area contributed by atoms with E-state index in [-0.39, 0.29) is 6.04 Å². The van der Waals surface area contributed by atoms with E-state index in [1.54, 1.807) is 30.9 Å². The number of methoxy groups -OCH3 is 1. The summed E-state index contributed by atoms with van der Waals surface area (Å²) in [6.07, 6.45) is 6.77. The van der Waals surface area contributed by atoms with Crippen LogP contribution in [0.2, 0.25) is 0 Å². The molecule has 0 aliphatic carbocycles. The summed E-state index contributed by atoms with van der Waals surface area (Å²) in [6, 6.07) is 8.34. The highest BCUT2D eigenvalue weighted by atomic mass is 19.1. The number of nitrogens with two attached hydrogens (primary N) is 1. The smallest absolute Gasteiger partial charge is 0.159 e. The van der Waals surface area contributed by atoms with E-state index in [4.69, 9.17) is 20.4 Å². The van der Waals surface area contributed by atoms with Crippen LogP contribution in [0.15, 0.2) is 55.1 Å². The summed E-state index contributed by atoms with van der Waals surface area (Å²) >= 11 is 0. The zero-order valence-electron chi connectivity index (χ0n) is 20.2. The number of imidazole rings is 1. The second-order valence-corrected chi connectivity index (χ2v) is 9.14. The molecule has 1 saturated heterocycles. The predicted molar refractivity (Wildman–Crippen MR) is 140 cm³/mol. The van der Waals surface area contributed by atoms with Crippen LogP contribution in [-0.4, -0.2) is 66.3 Å². The van der Waals surface area contributed by atoms with Gasteiger partial charge in [0.25, 0.3) is 0 Å². The lowest BCUT2D eigenvalue weighted by Crippen LogP contribution is -2.56. The van der Waals surface area contributed by atoms with Gasteiger partial charge in [-0.3, -0.25) is 20.1 Å². The standard InChI is InChI=1S/C26H21FN10O/c1-38-16-5-13(4-14(27)6-16)23-25-18(2-3-30-23)33-26(34-25)24-17-7-19(31-9-20(17)35-36-24)21-8-29-10-22(32-21)37-11-15(28)12-37/h2-10,15H,11-12,28H2,1H3,(H,33,34)(H,35,36). The molecule has 0 atom stereocenters. The van der Waals surface area contributed by atoms with Crippen molar-refractivity contribution in [2.75, 3.05) is 25.1 Å².